The summed E-state index contributed by atoms with van der Waals surface area (Å²) in [6.07, 6.45) is 2.68. The predicted octanol–water partition coefficient (Wildman–Crippen LogP) is 5.21. The Morgan fingerprint density at radius 3 is 1.57 bits per heavy atom. The summed E-state index contributed by atoms with van der Waals surface area (Å²) in [4.78, 5) is 12.1. The van der Waals surface area contributed by atoms with E-state index in [9.17, 15) is 21.6 Å². The third kappa shape index (κ3) is 5.61. The van der Waals surface area contributed by atoms with Crippen molar-refractivity contribution < 1.29 is 21.6 Å². The molecule has 8 heteroatoms. The Kier molecular flexibility index (Phi) is 8.09. The van der Waals surface area contributed by atoms with Crippen molar-refractivity contribution in [2.24, 2.45) is 0 Å². The van der Waals surface area contributed by atoms with Crippen molar-refractivity contribution in [2.45, 2.75) is 37.0 Å². The molecule has 3 aromatic carbocycles. The molecule has 0 aliphatic rings. The minimum atomic E-state index is -4.69. The highest BCUT2D eigenvalue weighted by atomic mass is 32.3. The van der Waals surface area contributed by atoms with E-state index in [-0.39, 0.29) is 25.4 Å². The summed E-state index contributed by atoms with van der Waals surface area (Å²) in [6.45, 7) is 5.56. The first kappa shape index (κ1) is 26.1. The van der Waals surface area contributed by atoms with Crippen molar-refractivity contribution in [3.8, 4) is 0 Å². The lowest BCUT2D eigenvalue weighted by Gasteiger charge is -2.26. The highest BCUT2D eigenvalue weighted by Crippen LogP contribution is 2.33. The van der Waals surface area contributed by atoms with E-state index in [0.29, 0.717) is 5.56 Å². The zero-order valence-electron chi connectivity index (χ0n) is 19.7. The van der Waals surface area contributed by atoms with Gasteiger partial charge in [0.2, 0.25) is 0 Å². The zero-order chi connectivity index (χ0) is 25.6. The van der Waals surface area contributed by atoms with Crippen molar-refractivity contribution >= 4 is 31.9 Å². The van der Waals surface area contributed by atoms with Crippen LogP contribution < -0.4 is 0 Å². The number of hydrogen-bond donors (Lipinski definition) is 0. The van der Waals surface area contributed by atoms with Crippen molar-refractivity contribution in [1.29, 1.82) is 0 Å². The minimum Gasteiger partial charge on any atom is -0.296 e. The largest absolute Gasteiger partial charge is 0.296 e. The van der Waals surface area contributed by atoms with Crippen LogP contribution in [0.25, 0.3) is 5.57 Å². The molecule has 0 bridgehead atoms. The first-order chi connectivity index (χ1) is 16.6. The Morgan fingerprint density at radius 1 is 0.743 bits per heavy atom. The summed E-state index contributed by atoms with van der Waals surface area (Å²) in [5.74, 6) is 0. The Hall–Kier alpha value is -3.49. The van der Waals surface area contributed by atoms with Gasteiger partial charge in [0.25, 0.3) is 20.0 Å². The molecule has 35 heavy (non-hydrogen) atoms. The molecular formula is C27H27NO5S2. The number of sulfonamides is 2. The molecule has 6 nitrogen and oxygen atoms in total. The zero-order valence-corrected chi connectivity index (χ0v) is 21.4. The molecule has 0 unspecified atom stereocenters. The number of rotatable bonds is 9. The van der Waals surface area contributed by atoms with Crippen LogP contribution in [0.2, 0.25) is 0 Å². The Labute approximate surface area is 207 Å². The molecule has 0 aliphatic heterocycles. The van der Waals surface area contributed by atoms with E-state index >= 15 is 0 Å². The lowest BCUT2D eigenvalue weighted by molar-refractivity contribution is -0.105. The van der Waals surface area contributed by atoms with Crippen LogP contribution in [0.15, 0.2) is 112 Å². The van der Waals surface area contributed by atoms with Gasteiger partial charge in [-0.05, 0) is 55.7 Å². The number of allylic oxidation sites excluding steroid dienone is 4. The van der Waals surface area contributed by atoms with Gasteiger partial charge in [-0.1, -0.05) is 79.2 Å². The number of nitrogens with zero attached hydrogens (tertiary/aromatic N) is 1. The standard InChI is InChI=1S/C27H27NO5S2/c1-4-22-15-17-23(18-16-22)26(19-21(2)3)27(20-29)28(34(30,31)24-11-7-5-8-12-24)35(32,33)25-13-9-6-10-14-25/h5-20H,4H2,1-3H3/b27-26+. The van der Waals surface area contributed by atoms with Crippen molar-refractivity contribution in [3.63, 3.8) is 0 Å². The van der Waals surface area contributed by atoms with Gasteiger partial charge in [-0.15, -0.1) is 0 Å². The van der Waals surface area contributed by atoms with Crippen LogP contribution in [0.1, 0.15) is 31.9 Å². The first-order valence-electron chi connectivity index (χ1n) is 11.0. The maximum absolute atomic E-state index is 13.8. The second kappa shape index (κ2) is 10.8. The second-order valence-corrected chi connectivity index (χ2v) is 11.8. The topological polar surface area (TPSA) is 88.6 Å². The molecule has 0 spiro atoms. The summed E-state index contributed by atoms with van der Waals surface area (Å²) in [6, 6.07) is 21.6. The summed E-state index contributed by atoms with van der Waals surface area (Å²) in [7, 11) is -9.39. The lowest BCUT2D eigenvalue weighted by atomic mass is 10.00. The maximum atomic E-state index is 13.8. The van der Waals surface area contributed by atoms with Gasteiger partial charge in [0.15, 0.2) is 6.29 Å². The van der Waals surface area contributed by atoms with Gasteiger partial charge >= 0.3 is 0 Å². The van der Waals surface area contributed by atoms with Crippen LogP contribution in [0.3, 0.4) is 0 Å². The highest BCUT2D eigenvalue weighted by molar-refractivity contribution is 8.04. The summed E-state index contributed by atoms with van der Waals surface area (Å²) in [5.41, 5.74) is 2.00. The third-order valence-corrected chi connectivity index (χ3v) is 9.39. The summed E-state index contributed by atoms with van der Waals surface area (Å²) in [5, 5.41) is 0. The third-order valence-electron chi connectivity index (χ3n) is 5.21. The van der Waals surface area contributed by atoms with E-state index < -0.39 is 25.7 Å². The normalized spacial score (nSPS) is 12.4. The van der Waals surface area contributed by atoms with Crippen LogP contribution in [0.4, 0.5) is 0 Å². The lowest BCUT2D eigenvalue weighted by Crippen LogP contribution is -2.37. The van der Waals surface area contributed by atoms with Gasteiger partial charge in [0.1, 0.15) is 5.70 Å². The molecule has 0 saturated heterocycles. The molecule has 0 atom stereocenters. The first-order valence-corrected chi connectivity index (χ1v) is 13.8. The molecule has 0 saturated carbocycles. The maximum Gasteiger partial charge on any atom is 0.277 e. The fraction of sp³-hybridized carbons (Fsp3) is 0.148. The van der Waals surface area contributed by atoms with Crippen molar-refractivity contribution in [1.82, 2.24) is 3.71 Å². The Balaban J connectivity index is 2.44. The smallest absolute Gasteiger partial charge is 0.277 e. The average molecular weight is 510 g/mol. The van der Waals surface area contributed by atoms with Gasteiger partial charge in [-0.3, -0.25) is 4.79 Å². The molecule has 0 N–H and O–H groups in total. The highest BCUT2D eigenvalue weighted by Gasteiger charge is 2.39. The van der Waals surface area contributed by atoms with Gasteiger partial charge in [-0.25, -0.2) is 16.8 Å². The molecule has 0 amide bonds. The molecule has 182 valence electrons. The Bertz CT molecular complexity index is 1380. The second-order valence-electron chi connectivity index (χ2n) is 8.02. The van der Waals surface area contributed by atoms with Crippen LogP contribution in [-0.4, -0.2) is 26.8 Å². The van der Waals surface area contributed by atoms with Crippen molar-refractivity contribution in [3.05, 3.63) is 113 Å². The number of aryl methyl sites for hydroxylation is 1. The van der Waals surface area contributed by atoms with Gasteiger partial charge < -0.3 is 0 Å². The average Bonchev–Trinajstić information content (AvgIpc) is 2.86. The molecule has 3 aromatic rings. The van der Waals surface area contributed by atoms with Crippen LogP contribution in [0, 0.1) is 0 Å². The fourth-order valence-electron chi connectivity index (χ4n) is 3.48. The SMILES string of the molecule is CCc1ccc(/C(C=C(C)C)=C(\C=O)N(S(=O)(=O)c2ccccc2)S(=O)(=O)c2ccccc2)cc1. The number of carbonyl (C=O) groups excluding carboxylic acids is 1. The van der Waals surface area contributed by atoms with E-state index in [0.717, 1.165) is 17.6 Å². The van der Waals surface area contributed by atoms with Crippen LogP contribution >= 0.6 is 0 Å². The van der Waals surface area contributed by atoms with Gasteiger partial charge in [0.05, 0.1) is 9.79 Å². The summed E-state index contributed by atoms with van der Waals surface area (Å²) >= 11 is 0. The van der Waals surface area contributed by atoms with Crippen molar-refractivity contribution in [2.75, 3.05) is 0 Å². The number of carbonyl (C=O) groups is 1. The number of benzene rings is 3. The molecule has 0 fully saturated rings. The monoisotopic (exact) mass is 509 g/mol. The minimum absolute atomic E-state index is 0.182. The molecule has 0 aliphatic carbocycles. The van der Waals surface area contributed by atoms with E-state index in [1.807, 2.05) is 19.1 Å². The molecule has 3 rings (SSSR count). The van der Waals surface area contributed by atoms with Gasteiger partial charge in [0, 0.05) is 5.57 Å². The Morgan fingerprint density at radius 2 is 1.20 bits per heavy atom. The number of aldehydes is 1. The number of hydrogen-bond acceptors (Lipinski definition) is 5. The molecule has 0 heterocycles. The predicted molar refractivity (Wildman–Crippen MR) is 137 cm³/mol. The molecule has 0 radical (unpaired) electrons. The summed E-state index contributed by atoms with van der Waals surface area (Å²) < 4.78 is 55.5. The fourth-order valence-corrected chi connectivity index (χ4v) is 7.22. The molecule has 0 aromatic heterocycles. The molecular weight excluding hydrogens is 482 g/mol. The van der Waals surface area contributed by atoms with Crippen LogP contribution in [0.5, 0.6) is 0 Å². The van der Waals surface area contributed by atoms with E-state index in [1.54, 1.807) is 44.2 Å². The van der Waals surface area contributed by atoms with Crippen LogP contribution in [-0.2, 0) is 31.3 Å². The van der Waals surface area contributed by atoms with E-state index in [2.05, 4.69) is 0 Å². The van der Waals surface area contributed by atoms with E-state index in [1.165, 1.54) is 48.5 Å². The quantitative estimate of drug-likeness (QED) is 0.225. The van der Waals surface area contributed by atoms with Gasteiger partial charge in [-0.2, -0.15) is 3.71 Å². The van der Waals surface area contributed by atoms with E-state index in [4.69, 9.17) is 0 Å².